The van der Waals surface area contributed by atoms with Crippen LogP contribution in [0.3, 0.4) is 0 Å². The van der Waals surface area contributed by atoms with Gasteiger partial charge < -0.3 is 45.0 Å². The molecule has 6 saturated heterocycles. The molecule has 0 radical (unpaired) electrons. The Morgan fingerprint density at radius 3 is 1.58 bits per heavy atom. The lowest BCUT2D eigenvalue weighted by Crippen LogP contribution is -2.57. The summed E-state index contributed by atoms with van der Waals surface area (Å²) in [7, 11) is 1.59. The number of para-hydroxylation sites is 3. The number of nitrogens with zero attached hydrogens (tertiary/aromatic N) is 2. The Kier molecular flexibility index (Phi) is 11.9. The van der Waals surface area contributed by atoms with E-state index in [2.05, 4.69) is 31.1 Å². The van der Waals surface area contributed by atoms with Crippen LogP contribution < -0.4 is 21.3 Å². The molecule has 4 aromatic carbocycles. The number of fused-ring (bicyclic) bond motifs is 8. The topological polar surface area (TPSA) is 152 Å². The molecule has 0 saturated carbocycles. The van der Waals surface area contributed by atoms with Crippen molar-refractivity contribution >= 4 is 39.8 Å². The number of phenols is 1. The van der Waals surface area contributed by atoms with Gasteiger partial charge in [0.15, 0.2) is 11.5 Å². The van der Waals surface area contributed by atoms with Crippen molar-refractivity contribution in [1.29, 1.82) is 0 Å². The fraction of sp³-hybridized carbons (Fsp3) is 0.354. The summed E-state index contributed by atoms with van der Waals surface area (Å²) in [5.74, 6) is 1.67. The van der Waals surface area contributed by atoms with Gasteiger partial charge in [0.2, 0.25) is 0 Å². The van der Waals surface area contributed by atoms with Crippen LogP contribution in [0.15, 0.2) is 106 Å². The van der Waals surface area contributed by atoms with Crippen molar-refractivity contribution in [3.05, 3.63) is 114 Å². The number of rotatable bonds is 8. The van der Waals surface area contributed by atoms with E-state index in [4.69, 9.17) is 8.83 Å². The van der Waals surface area contributed by atoms with Crippen LogP contribution in [0.25, 0.3) is 44.2 Å². The van der Waals surface area contributed by atoms with E-state index in [9.17, 15) is 19.5 Å². The Bertz CT molecular complexity index is 2490. The smallest absolute Gasteiger partial charge is 0.314 e. The van der Waals surface area contributed by atoms with Gasteiger partial charge in [-0.15, -0.1) is 0 Å². The summed E-state index contributed by atoms with van der Waals surface area (Å²) in [6, 6.07) is 30.4. The number of amides is 4. The summed E-state index contributed by atoms with van der Waals surface area (Å²) in [5.41, 5.74) is 5.62. The Balaban J connectivity index is 0.000000166. The highest BCUT2D eigenvalue weighted by Gasteiger charge is 2.36. The van der Waals surface area contributed by atoms with E-state index >= 15 is 0 Å². The third kappa shape index (κ3) is 8.35. The molecular formula is C48H54N6O6. The van der Waals surface area contributed by atoms with Gasteiger partial charge in [-0.1, -0.05) is 86.3 Å². The van der Waals surface area contributed by atoms with E-state index in [0.29, 0.717) is 46.6 Å². The molecule has 0 spiro atoms. The number of urea groups is 1. The van der Waals surface area contributed by atoms with Crippen molar-refractivity contribution in [2.24, 2.45) is 11.8 Å². The number of carbonyl (C=O) groups is 3. The molecule has 6 aliphatic rings. The average Bonchev–Trinajstić information content (AvgIpc) is 3.93. The second-order valence-electron chi connectivity index (χ2n) is 16.2. The Labute approximate surface area is 350 Å². The molecule has 4 bridgehead atoms. The van der Waals surface area contributed by atoms with Crippen LogP contribution in [-0.2, 0) is 6.54 Å². The molecule has 12 heteroatoms. The summed E-state index contributed by atoms with van der Waals surface area (Å²) in [5, 5.41) is 23.7. The normalized spacial score (nSPS) is 22.6. The number of hydrogen-bond donors (Lipinski definition) is 5. The maximum atomic E-state index is 13.0. The largest absolute Gasteiger partial charge is 0.507 e. The van der Waals surface area contributed by atoms with Crippen LogP contribution >= 0.6 is 0 Å². The third-order valence-corrected chi connectivity index (χ3v) is 12.6. The van der Waals surface area contributed by atoms with E-state index in [1.165, 1.54) is 0 Å². The first-order valence-corrected chi connectivity index (χ1v) is 20.7. The Morgan fingerprint density at radius 1 is 0.633 bits per heavy atom. The maximum absolute atomic E-state index is 13.0. The van der Waals surface area contributed by atoms with Crippen LogP contribution in [0.5, 0.6) is 5.75 Å². The van der Waals surface area contributed by atoms with Crippen LogP contribution in [0.4, 0.5) is 4.79 Å². The minimum absolute atomic E-state index is 0. The molecule has 2 aromatic heterocycles. The van der Waals surface area contributed by atoms with Gasteiger partial charge in [-0.25, -0.2) is 4.79 Å². The molecule has 8 heterocycles. The molecule has 2 atom stereocenters. The first kappa shape index (κ1) is 40.7. The van der Waals surface area contributed by atoms with E-state index in [1.807, 2.05) is 78.9 Å². The summed E-state index contributed by atoms with van der Waals surface area (Å²) < 4.78 is 12.1. The lowest BCUT2D eigenvalue weighted by Gasteiger charge is -2.44. The summed E-state index contributed by atoms with van der Waals surface area (Å²) in [6.07, 6.45) is 4.61. The molecule has 0 unspecified atom stereocenters. The molecule has 5 N–H and O–H groups in total. The summed E-state index contributed by atoms with van der Waals surface area (Å²) >= 11 is 0. The monoisotopic (exact) mass is 810 g/mol. The zero-order chi connectivity index (χ0) is 40.5. The fourth-order valence-electron chi connectivity index (χ4n) is 9.41. The molecule has 6 aliphatic heterocycles. The van der Waals surface area contributed by atoms with Crippen LogP contribution in [-0.4, -0.2) is 91.2 Å². The van der Waals surface area contributed by atoms with Crippen molar-refractivity contribution in [3.8, 4) is 28.0 Å². The first-order valence-electron chi connectivity index (χ1n) is 20.7. The number of carbonyl (C=O) groups excluding carboxylic acids is 3. The van der Waals surface area contributed by atoms with Gasteiger partial charge in [-0.3, -0.25) is 9.59 Å². The van der Waals surface area contributed by atoms with Gasteiger partial charge in [-0.2, -0.15) is 0 Å². The number of nitrogens with one attached hydrogen (secondary N) is 4. The minimum Gasteiger partial charge on any atom is -0.507 e. The SMILES string of the molecule is C.CNC(=O)NCc1ccccc1-c1cccc2cc(C(=O)N[C@H]3CN4CCC3CC4)oc12.O=C(N[C@H]1CN2CCC1CC2)c1cc2cccc(-c3ccccc3O)c2o1. The van der Waals surface area contributed by atoms with Crippen molar-refractivity contribution in [3.63, 3.8) is 0 Å². The third-order valence-electron chi connectivity index (χ3n) is 12.6. The summed E-state index contributed by atoms with van der Waals surface area (Å²) in [4.78, 5) is 42.3. The lowest BCUT2D eigenvalue weighted by atomic mass is 9.84. The second kappa shape index (κ2) is 17.6. The second-order valence-corrected chi connectivity index (χ2v) is 16.2. The Hall–Kier alpha value is -6.11. The van der Waals surface area contributed by atoms with Gasteiger partial charge in [0.1, 0.15) is 16.9 Å². The van der Waals surface area contributed by atoms with E-state index in [1.54, 1.807) is 25.2 Å². The summed E-state index contributed by atoms with van der Waals surface area (Å²) in [6.45, 7) is 6.81. The predicted molar refractivity (Wildman–Crippen MR) is 234 cm³/mol. The standard InChI is InChI=1S/C25H28N4O3.C22H22N2O3.CH4/c1-26-25(31)27-14-18-5-2-3-7-19(18)20-8-4-6-17-13-22(32-23(17)20)24(30)28-21-15-29-11-9-16(21)10-12-29;25-19-7-2-1-5-16(19)17-6-3-4-15-12-20(27-21(15)17)22(26)23-18-13-24-10-8-14(18)9-11-24;/h2-8,13,16,21H,9-12,14-15H2,1H3,(H,28,30)(H2,26,27,31);1-7,12,14,18,25H,8-11,13H2,(H,23,26);1H4/t21-;18-;/m00./s1. The van der Waals surface area contributed by atoms with Crippen molar-refractivity contribution in [2.45, 2.75) is 51.7 Å². The molecule has 60 heavy (non-hydrogen) atoms. The van der Waals surface area contributed by atoms with Crippen molar-refractivity contribution < 1.29 is 28.3 Å². The first-order chi connectivity index (χ1) is 28.8. The van der Waals surface area contributed by atoms with Gasteiger partial charge in [0.25, 0.3) is 11.8 Å². The minimum atomic E-state index is -0.234. The lowest BCUT2D eigenvalue weighted by molar-refractivity contribution is 0.0604. The highest BCUT2D eigenvalue weighted by Crippen LogP contribution is 2.37. The zero-order valence-electron chi connectivity index (χ0n) is 33.2. The van der Waals surface area contributed by atoms with Gasteiger partial charge >= 0.3 is 6.03 Å². The number of aromatic hydroxyl groups is 1. The number of phenolic OH excluding ortho intramolecular Hbond substituents is 1. The van der Waals surface area contributed by atoms with Crippen molar-refractivity contribution in [1.82, 2.24) is 31.1 Å². The molecule has 0 aliphatic carbocycles. The Morgan fingerprint density at radius 2 is 1.10 bits per heavy atom. The molecule has 12 rings (SSSR count). The molecule has 312 valence electrons. The molecule has 4 amide bonds. The molecule has 6 fully saturated rings. The zero-order valence-corrected chi connectivity index (χ0v) is 33.2. The fourth-order valence-corrected chi connectivity index (χ4v) is 9.41. The number of hydrogen-bond acceptors (Lipinski definition) is 8. The van der Waals surface area contributed by atoms with E-state index < -0.39 is 0 Å². The van der Waals surface area contributed by atoms with Gasteiger partial charge in [0, 0.05) is 66.2 Å². The highest BCUT2D eigenvalue weighted by molar-refractivity contribution is 6.02. The maximum Gasteiger partial charge on any atom is 0.314 e. The number of benzene rings is 4. The quantitative estimate of drug-likeness (QED) is 0.105. The van der Waals surface area contributed by atoms with Crippen LogP contribution in [0, 0.1) is 11.8 Å². The average molecular weight is 811 g/mol. The van der Waals surface area contributed by atoms with Crippen LogP contribution in [0.2, 0.25) is 0 Å². The van der Waals surface area contributed by atoms with Gasteiger partial charge in [0.05, 0.1) is 0 Å². The van der Waals surface area contributed by atoms with Crippen LogP contribution in [0.1, 0.15) is 59.8 Å². The van der Waals surface area contributed by atoms with Gasteiger partial charge in [-0.05, 0) is 93.0 Å². The molecule has 6 aromatic rings. The number of piperidine rings is 6. The highest BCUT2D eigenvalue weighted by atomic mass is 16.4. The van der Waals surface area contributed by atoms with E-state index in [0.717, 1.165) is 98.0 Å². The predicted octanol–water partition coefficient (Wildman–Crippen LogP) is 7.62. The number of furan rings is 2. The molecule has 12 nitrogen and oxygen atoms in total. The van der Waals surface area contributed by atoms with Crippen molar-refractivity contribution in [2.75, 3.05) is 46.3 Å². The molecular weight excluding hydrogens is 757 g/mol. The van der Waals surface area contributed by atoms with E-state index in [-0.39, 0.29) is 43.1 Å².